The van der Waals surface area contributed by atoms with Gasteiger partial charge in [0, 0.05) is 6.61 Å². The first-order valence-corrected chi connectivity index (χ1v) is 6.14. The zero-order valence-electron chi connectivity index (χ0n) is 10.9. The van der Waals surface area contributed by atoms with E-state index in [4.69, 9.17) is 15.2 Å². The number of nitrogens with two attached hydrogens (primary N) is 1. The van der Waals surface area contributed by atoms with E-state index in [1.807, 2.05) is 6.92 Å². The van der Waals surface area contributed by atoms with Crippen molar-refractivity contribution in [3.8, 4) is 0 Å². The Hall–Kier alpha value is -1.66. The highest BCUT2D eigenvalue weighted by atomic mass is 19.1. The molecule has 0 aliphatic rings. The summed E-state index contributed by atoms with van der Waals surface area (Å²) in [5.41, 5.74) is 6.16. The molecular weight excluding hydrogens is 251 g/mol. The van der Waals surface area contributed by atoms with Crippen LogP contribution in [0.1, 0.15) is 13.3 Å². The first-order chi connectivity index (χ1) is 9.13. The van der Waals surface area contributed by atoms with Crippen LogP contribution in [0.15, 0.2) is 18.2 Å². The second kappa shape index (κ2) is 8.44. The number of rotatable bonds is 8. The van der Waals surface area contributed by atoms with Crippen LogP contribution < -0.4 is 11.1 Å². The summed E-state index contributed by atoms with van der Waals surface area (Å²) in [6, 6.07) is 3.79. The van der Waals surface area contributed by atoms with E-state index in [0.29, 0.717) is 25.5 Å². The molecule has 5 nitrogen and oxygen atoms in total. The summed E-state index contributed by atoms with van der Waals surface area (Å²) in [6.07, 6.45) is 0.944. The smallest absolute Gasteiger partial charge is 0.250 e. The molecule has 1 aromatic rings. The standard InChI is InChI=1S/C13H19FN2O3/c1-2-5-18-6-7-19-9-13(17)16-12-8-10(14)3-4-11(12)15/h3-4,8H,2,5-7,9,15H2,1H3,(H,16,17). The minimum Gasteiger partial charge on any atom is -0.397 e. The SMILES string of the molecule is CCCOCCOCC(=O)Nc1cc(F)ccc1N. The Balaban J connectivity index is 2.25. The first kappa shape index (κ1) is 15.4. The number of amides is 1. The largest absolute Gasteiger partial charge is 0.397 e. The fraction of sp³-hybridized carbons (Fsp3) is 0.462. The van der Waals surface area contributed by atoms with Gasteiger partial charge in [0.25, 0.3) is 0 Å². The summed E-state index contributed by atoms with van der Waals surface area (Å²) in [7, 11) is 0. The Kier molecular flexibility index (Phi) is 6.84. The third-order valence-electron chi connectivity index (χ3n) is 2.24. The van der Waals surface area contributed by atoms with Crippen LogP contribution in [-0.4, -0.2) is 32.3 Å². The monoisotopic (exact) mass is 270 g/mol. The molecule has 6 heteroatoms. The Bertz CT molecular complexity index is 413. The molecule has 1 rings (SSSR count). The molecule has 0 spiro atoms. The van der Waals surface area contributed by atoms with Crippen molar-refractivity contribution in [3.63, 3.8) is 0 Å². The molecule has 0 aliphatic heterocycles. The van der Waals surface area contributed by atoms with Crippen molar-refractivity contribution in [1.82, 2.24) is 0 Å². The van der Waals surface area contributed by atoms with Gasteiger partial charge in [-0.1, -0.05) is 6.92 Å². The minimum atomic E-state index is -0.460. The van der Waals surface area contributed by atoms with Crippen molar-refractivity contribution in [2.45, 2.75) is 13.3 Å². The van der Waals surface area contributed by atoms with Crippen molar-refractivity contribution >= 4 is 17.3 Å². The van der Waals surface area contributed by atoms with Gasteiger partial charge < -0.3 is 20.5 Å². The zero-order valence-corrected chi connectivity index (χ0v) is 10.9. The molecule has 0 heterocycles. The van der Waals surface area contributed by atoms with Gasteiger partial charge in [-0.15, -0.1) is 0 Å². The molecule has 0 saturated heterocycles. The highest BCUT2D eigenvalue weighted by molar-refractivity contribution is 5.94. The third-order valence-corrected chi connectivity index (χ3v) is 2.24. The zero-order chi connectivity index (χ0) is 14.1. The molecule has 0 saturated carbocycles. The van der Waals surface area contributed by atoms with Gasteiger partial charge >= 0.3 is 0 Å². The third kappa shape index (κ3) is 6.17. The topological polar surface area (TPSA) is 73.6 Å². The minimum absolute atomic E-state index is 0.120. The van der Waals surface area contributed by atoms with Gasteiger partial charge in [-0.2, -0.15) is 0 Å². The van der Waals surface area contributed by atoms with Crippen molar-refractivity contribution < 1.29 is 18.7 Å². The lowest BCUT2D eigenvalue weighted by molar-refractivity contribution is -0.121. The Morgan fingerprint density at radius 1 is 1.32 bits per heavy atom. The second-order valence-corrected chi connectivity index (χ2v) is 3.94. The Morgan fingerprint density at radius 2 is 2.05 bits per heavy atom. The van der Waals surface area contributed by atoms with Crippen molar-refractivity contribution in [3.05, 3.63) is 24.0 Å². The van der Waals surface area contributed by atoms with Gasteiger partial charge in [0.15, 0.2) is 0 Å². The van der Waals surface area contributed by atoms with Crippen LogP contribution >= 0.6 is 0 Å². The molecule has 3 N–H and O–H groups in total. The summed E-state index contributed by atoms with van der Waals surface area (Å²) >= 11 is 0. The van der Waals surface area contributed by atoms with E-state index in [0.717, 1.165) is 12.5 Å². The molecule has 1 amide bonds. The first-order valence-electron chi connectivity index (χ1n) is 6.14. The number of ether oxygens (including phenoxy) is 2. The quantitative estimate of drug-likeness (QED) is 0.558. The predicted molar refractivity (Wildman–Crippen MR) is 71.4 cm³/mol. The fourth-order valence-electron chi connectivity index (χ4n) is 1.35. The van der Waals surface area contributed by atoms with Crippen LogP contribution in [0.3, 0.4) is 0 Å². The van der Waals surface area contributed by atoms with E-state index >= 15 is 0 Å². The molecule has 0 bridgehead atoms. The number of hydrogen-bond acceptors (Lipinski definition) is 4. The summed E-state index contributed by atoms with van der Waals surface area (Å²) in [4.78, 5) is 11.5. The van der Waals surface area contributed by atoms with E-state index in [-0.39, 0.29) is 18.2 Å². The summed E-state index contributed by atoms with van der Waals surface area (Å²) in [5, 5.41) is 2.48. The van der Waals surface area contributed by atoms with Crippen LogP contribution in [0.25, 0.3) is 0 Å². The Morgan fingerprint density at radius 3 is 2.79 bits per heavy atom. The van der Waals surface area contributed by atoms with Crippen molar-refractivity contribution in [2.75, 3.05) is 37.5 Å². The van der Waals surface area contributed by atoms with E-state index in [1.165, 1.54) is 12.1 Å². The van der Waals surface area contributed by atoms with Crippen molar-refractivity contribution in [1.29, 1.82) is 0 Å². The molecule has 0 aromatic heterocycles. The number of anilines is 2. The van der Waals surface area contributed by atoms with E-state index in [2.05, 4.69) is 5.32 Å². The lowest BCUT2D eigenvalue weighted by Crippen LogP contribution is -2.20. The number of carbonyl (C=O) groups excluding carboxylic acids is 1. The average Bonchev–Trinajstić information content (AvgIpc) is 2.38. The van der Waals surface area contributed by atoms with Crippen molar-refractivity contribution in [2.24, 2.45) is 0 Å². The molecule has 0 atom stereocenters. The van der Waals surface area contributed by atoms with E-state index in [1.54, 1.807) is 0 Å². The molecular formula is C13H19FN2O3. The van der Waals surface area contributed by atoms with Gasteiger partial charge in [0.1, 0.15) is 12.4 Å². The van der Waals surface area contributed by atoms with Gasteiger partial charge in [-0.3, -0.25) is 4.79 Å². The van der Waals surface area contributed by atoms with Crippen LogP contribution in [0.5, 0.6) is 0 Å². The van der Waals surface area contributed by atoms with Gasteiger partial charge in [-0.25, -0.2) is 4.39 Å². The van der Waals surface area contributed by atoms with Crippen LogP contribution in [-0.2, 0) is 14.3 Å². The highest BCUT2D eigenvalue weighted by Gasteiger charge is 2.06. The number of carbonyl (C=O) groups is 1. The lowest BCUT2D eigenvalue weighted by Gasteiger charge is -2.09. The van der Waals surface area contributed by atoms with Gasteiger partial charge in [-0.05, 0) is 24.6 Å². The van der Waals surface area contributed by atoms with Gasteiger partial charge in [0.05, 0.1) is 24.6 Å². The predicted octanol–water partition coefficient (Wildman–Crippen LogP) is 1.79. The lowest BCUT2D eigenvalue weighted by atomic mass is 10.2. The highest BCUT2D eigenvalue weighted by Crippen LogP contribution is 2.18. The molecule has 19 heavy (non-hydrogen) atoms. The fourth-order valence-corrected chi connectivity index (χ4v) is 1.35. The summed E-state index contributed by atoms with van der Waals surface area (Å²) in [6.45, 7) is 3.35. The van der Waals surface area contributed by atoms with Crippen LogP contribution in [0, 0.1) is 5.82 Å². The number of nitrogen functional groups attached to an aromatic ring is 1. The number of nitrogens with one attached hydrogen (secondary N) is 1. The molecule has 1 aromatic carbocycles. The van der Waals surface area contributed by atoms with Gasteiger partial charge in [0.2, 0.25) is 5.91 Å². The maximum absolute atomic E-state index is 13.0. The summed E-state index contributed by atoms with van der Waals surface area (Å²) in [5.74, 6) is -0.842. The average molecular weight is 270 g/mol. The molecule has 106 valence electrons. The normalized spacial score (nSPS) is 10.4. The van der Waals surface area contributed by atoms with E-state index < -0.39 is 5.82 Å². The Labute approximate surface area is 111 Å². The molecule has 0 radical (unpaired) electrons. The maximum atomic E-state index is 13.0. The molecule has 0 fully saturated rings. The molecule has 0 aliphatic carbocycles. The molecule has 0 unspecified atom stereocenters. The summed E-state index contributed by atoms with van der Waals surface area (Å²) < 4.78 is 23.3. The number of benzene rings is 1. The van der Waals surface area contributed by atoms with Crippen LogP contribution in [0.4, 0.5) is 15.8 Å². The second-order valence-electron chi connectivity index (χ2n) is 3.94. The maximum Gasteiger partial charge on any atom is 0.250 e. The number of halogens is 1. The van der Waals surface area contributed by atoms with E-state index in [9.17, 15) is 9.18 Å². The van der Waals surface area contributed by atoms with Crippen LogP contribution in [0.2, 0.25) is 0 Å². The number of hydrogen-bond donors (Lipinski definition) is 2.